The van der Waals surface area contributed by atoms with E-state index >= 15 is 0 Å². The first-order chi connectivity index (χ1) is 8.06. The van der Waals surface area contributed by atoms with Gasteiger partial charge in [-0.2, -0.15) is 5.26 Å². The Morgan fingerprint density at radius 2 is 2.06 bits per heavy atom. The van der Waals surface area contributed by atoms with Crippen LogP contribution in [0.15, 0.2) is 18.2 Å². The third-order valence-corrected chi connectivity index (χ3v) is 2.16. The van der Waals surface area contributed by atoms with Gasteiger partial charge in [0.15, 0.2) is 0 Å². The zero-order chi connectivity index (χ0) is 12.8. The third-order valence-electron chi connectivity index (χ3n) is 2.16. The average Bonchev–Trinajstić information content (AvgIpc) is 2.30. The molecule has 0 bridgehead atoms. The second kappa shape index (κ2) is 5.92. The lowest BCUT2D eigenvalue weighted by molar-refractivity contribution is -0.122. The molecule has 3 N–H and O–H groups in total. The minimum Gasteiger partial charge on any atom is -0.342 e. The van der Waals surface area contributed by atoms with Gasteiger partial charge in [-0.3, -0.25) is 4.79 Å². The zero-order valence-corrected chi connectivity index (χ0v) is 8.91. The van der Waals surface area contributed by atoms with Crippen LogP contribution in [-0.4, -0.2) is 18.5 Å². The fourth-order valence-electron chi connectivity index (χ4n) is 1.30. The largest absolute Gasteiger partial charge is 0.342 e. The number of nitrogens with zero attached hydrogens (tertiary/aromatic N) is 1. The van der Waals surface area contributed by atoms with Gasteiger partial charge in [-0.25, -0.2) is 8.78 Å². The highest BCUT2D eigenvalue weighted by atomic mass is 19.1. The van der Waals surface area contributed by atoms with E-state index in [9.17, 15) is 13.6 Å². The van der Waals surface area contributed by atoms with Crippen molar-refractivity contribution in [3.63, 3.8) is 0 Å². The van der Waals surface area contributed by atoms with Crippen LogP contribution in [0.25, 0.3) is 0 Å². The molecule has 0 aliphatic carbocycles. The van der Waals surface area contributed by atoms with Crippen LogP contribution in [0.3, 0.4) is 0 Å². The highest BCUT2D eigenvalue weighted by Gasteiger charge is 2.18. The molecule has 1 aromatic carbocycles. The molecule has 0 spiro atoms. The third kappa shape index (κ3) is 3.50. The van der Waals surface area contributed by atoms with Gasteiger partial charge >= 0.3 is 0 Å². The van der Waals surface area contributed by atoms with Crippen LogP contribution in [0.1, 0.15) is 5.56 Å². The van der Waals surface area contributed by atoms with Crippen molar-refractivity contribution in [3.05, 3.63) is 35.4 Å². The van der Waals surface area contributed by atoms with E-state index in [0.29, 0.717) is 0 Å². The number of halogens is 2. The molecule has 0 radical (unpaired) electrons. The van der Waals surface area contributed by atoms with E-state index < -0.39 is 23.6 Å². The van der Waals surface area contributed by atoms with Crippen molar-refractivity contribution in [2.45, 2.75) is 12.5 Å². The van der Waals surface area contributed by atoms with Crippen molar-refractivity contribution < 1.29 is 13.6 Å². The van der Waals surface area contributed by atoms with Crippen molar-refractivity contribution >= 4 is 5.91 Å². The van der Waals surface area contributed by atoms with Crippen LogP contribution in [0.5, 0.6) is 0 Å². The predicted molar refractivity (Wildman–Crippen MR) is 56.7 cm³/mol. The van der Waals surface area contributed by atoms with E-state index in [-0.39, 0.29) is 18.5 Å². The molecule has 0 fully saturated rings. The molecule has 6 heteroatoms. The summed E-state index contributed by atoms with van der Waals surface area (Å²) in [6.45, 7) is -0.188. The van der Waals surface area contributed by atoms with Crippen LogP contribution < -0.4 is 11.1 Å². The summed E-state index contributed by atoms with van der Waals surface area (Å²) in [6.07, 6.45) is -0.254. The van der Waals surface area contributed by atoms with Gasteiger partial charge in [0.25, 0.3) is 0 Å². The quantitative estimate of drug-likeness (QED) is 0.750. The summed E-state index contributed by atoms with van der Waals surface area (Å²) >= 11 is 0. The van der Waals surface area contributed by atoms with Crippen LogP contribution in [0.4, 0.5) is 8.78 Å². The fraction of sp³-hybridized carbons (Fsp3) is 0.273. The lowest BCUT2D eigenvalue weighted by Crippen LogP contribution is -2.42. The molecule has 0 saturated heterocycles. The first kappa shape index (κ1) is 13.1. The summed E-state index contributed by atoms with van der Waals surface area (Å²) in [5, 5.41) is 10.5. The number of amides is 1. The summed E-state index contributed by atoms with van der Waals surface area (Å²) in [5.41, 5.74) is 5.24. The van der Waals surface area contributed by atoms with Crippen molar-refractivity contribution in [1.29, 1.82) is 5.26 Å². The van der Waals surface area contributed by atoms with Crippen molar-refractivity contribution in [1.82, 2.24) is 5.32 Å². The number of hydrogen-bond acceptors (Lipinski definition) is 3. The first-order valence-electron chi connectivity index (χ1n) is 4.89. The van der Waals surface area contributed by atoms with E-state index in [1.165, 1.54) is 6.07 Å². The maximum atomic E-state index is 13.2. The van der Waals surface area contributed by atoms with Gasteiger partial charge in [-0.15, -0.1) is 0 Å². The Morgan fingerprint density at radius 1 is 1.47 bits per heavy atom. The second-order valence-electron chi connectivity index (χ2n) is 3.39. The lowest BCUT2D eigenvalue weighted by atomic mass is 10.0. The molecule has 0 aliphatic rings. The summed E-state index contributed by atoms with van der Waals surface area (Å²) in [7, 11) is 0. The monoisotopic (exact) mass is 239 g/mol. The maximum Gasteiger partial charge on any atom is 0.238 e. The van der Waals surface area contributed by atoms with Gasteiger partial charge in [-0.1, -0.05) is 6.07 Å². The Hall–Kier alpha value is -2.00. The SMILES string of the molecule is N#CCNC(=O)[C@@H](N)Cc1c(F)cccc1F. The molecular formula is C11H11F2N3O. The second-order valence-corrected chi connectivity index (χ2v) is 3.39. The maximum absolute atomic E-state index is 13.2. The number of nitriles is 1. The topological polar surface area (TPSA) is 78.9 Å². The Bertz CT molecular complexity index is 436. The number of rotatable bonds is 4. The van der Waals surface area contributed by atoms with Gasteiger partial charge in [0.05, 0.1) is 12.1 Å². The van der Waals surface area contributed by atoms with Gasteiger partial charge in [-0.05, 0) is 12.1 Å². The van der Waals surface area contributed by atoms with Crippen molar-refractivity contribution in [2.75, 3.05) is 6.54 Å². The van der Waals surface area contributed by atoms with Crippen LogP contribution in [-0.2, 0) is 11.2 Å². The minimum absolute atomic E-state index is 0.188. The summed E-state index contributed by atoms with van der Waals surface area (Å²) < 4.78 is 26.5. The molecule has 1 amide bonds. The summed E-state index contributed by atoms with van der Waals surface area (Å²) in [5.74, 6) is -2.10. The van der Waals surface area contributed by atoms with Gasteiger partial charge in [0, 0.05) is 12.0 Å². The Balaban J connectivity index is 2.71. The lowest BCUT2D eigenvalue weighted by Gasteiger charge is -2.11. The molecule has 0 unspecified atom stereocenters. The number of carbonyl (C=O) groups excluding carboxylic acids is 1. The van der Waals surface area contributed by atoms with E-state index in [4.69, 9.17) is 11.0 Å². The Kier molecular flexibility index (Phi) is 4.55. The predicted octanol–water partition coefficient (Wildman–Crippen LogP) is 0.474. The molecular weight excluding hydrogens is 228 g/mol. The Morgan fingerprint density at radius 3 is 2.59 bits per heavy atom. The average molecular weight is 239 g/mol. The molecule has 1 atom stereocenters. The molecule has 0 aromatic heterocycles. The molecule has 0 aliphatic heterocycles. The van der Waals surface area contributed by atoms with E-state index in [1.54, 1.807) is 6.07 Å². The van der Waals surface area contributed by atoms with Crippen LogP contribution >= 0.6 is 0 Å². The van der Waals surface area contributed by atoms with Crippen LogP contribution in [0.2, 0.25) is 0 Å². The van der Waals surface area contributed by atoms with Gasteiger partial charge in [0.1, 0.15) is 18.2 Å². The molecule has 0 saturated carbocycles. The fourth-order valence-corrected chi connectivity index (χ4v) is 1.30. The van der Waals surface area contributed by atoms with Crippen LogP contribution in [0, 0.1) is 23.0 Å². The molecule has 90 valence electrons. The molecule has 1 aromatic rings. The first-order valence-corrected chi connectivity index (χ1v) is 4.89. The smallest absolute Gasteiger partial charge is 0.238 e. The number of carbonyl (C=O) groups is 1. The molecule has 17 heavy (non-hydrogen) atoms. The zero-order valence-electron chi connectivity index (χ0n) is 8.91. The number of nitrogens with two attached hydrogens (primary N) is 1. The van der Waals surface area contributed by atoms with Gasteiger partial charge < -0.3 is 11.1 Å². The van der Waals surface area contributed by atoms with E-state index in [0.717, 1.165) is 12.1 Å². The number of nitrogens with one attached hydrogen (secondary N) is 1. The van der Waals surface area contributed by atoms with Crippen molar-refractivity contribution in [3.8, 4) is 6.07 Å². The minimum atomic E-state index is -1.09. The molecule has 4 nitrogen and oxygen atoms in total. The van der Waals surface area contributed by atoms with Crippen molar-refractivity contribution in [2.24, 2.45) is 5.73 Å². The van der Waals surface area contributed by atoms with Gasteiger partial charge in [0.2, 0.25) is 5.91 Å². The molecule has 0 heterocycles. The number of hydrogen-bond donors (Lipinski definition) is 2. The highest BCUT2D eigenvalue weighted by molar-refractivity contribution is 5.82. The summed E-state index contributed by atoms with van der Waals surface area (Å²) in [6, 6.07) is 4.04. The normalized spacial score (nSPS) is 11.6. The van der Waals surface area contributed by atoms with E-state index in [2.05, 4.69) is 5.32 Å². The molecule has 1 rings (SSSR count). The standard InChI is InChI=1S/C11H11F2N3O/c12-8-2-1-3-9(13)7(8)6-10(15)11(17)16-5-4-14/h1-3,10H,5-6,15H2,(H,16,17)/t10-/m0/s1. The number of benzene rings is 1. The highest BCUT2D eigenvalue weighted by Crippen LogP contribution is 2.13. The van der Waals surface area contributed by atoms with E-state index in [1.807, 2.05) is 0 Å². The Labute approximate surface area is 97.0 Å². The summed E-state index contributed by atoms with van der Waals surface area (Å²) in [4.78, 5) is 11.3.